The van der Waals surface area contributed by atoms with Crippen LogP contribution in [0.2, 0.25) is 44.5 Å². The molecule has 0 atom stereocenters. The van der Waals surface area contributed by atoms with Crippen LogP contribution in [0.5, 0.6) is 0 Å². The molecule has 12 aromatic carbocycles. The minimum atomic E-state index is -2.40. The molecule has 0 saturated heterocycles. The summed E-state index contributed by atoms with van der Waals surface area (Å²) in [7, 11) is 1.33. The Bertz CT molecular complexity index is 3740. The summed E-state index contributed by atoms with van der Waals surface area (Å²) in [5, 5.41) is 26.9. The van der Waals surface area contributed by atoms with Gasteiger partial charge in [0.2, 0.25) is 5.91 Å². The van der Waals surface area contributed by atoms with Crippen LogP contribution in [-0.4, -0.2) is 114 Å². The van der Waals surface area contributed by atoms with Crippen LogP contribution in [0.3, 0.4) is 0 Å². The monoisotopic (exact) mass is 1980 g/mol. The van der Waals surface area contributed by atoms with E-state index in [0.29, 0.717) is 3.73 Å². The molecule has 2 aliphatic rings. The number of amides is 2. The maximum absolute atomic E-state index is 11.5. The van der Waals surface area contributed by atoms with Gasteiger partial charge in [0.15, 0.2) is 10.4 Å². The van der Waals surface area contributed by atoms with Crippen molar-refractivity contribution in [2.45, 2.75) is 57.3 Å². The third kappa shape index (κ3) is 31.4. The van der Waals surface area contributed by atoms with Crippen molar-refractivity contribution in [2.75, 3.05) is 14.1 Å². The van der Waals surface area contributed by atoms with Crippen LogP contribution >= 0.6 is 47.6 Å². The summed E-state index contributed by atoms with van der Waals surface area (Å²) in [6, 6.07) is 129. The van der Waals surface area contributed by atoms with Gasteiger partial charge in [-0.2, -0.15) is 5.10 Å². The minimum Gasteiger partial charge on any atom is -0.0622 e. The van der Waals surface area contributed by atoms with Crippen LogP contribution in [0.25, 0.3) is 0 Å². The Morgan fingerprint density at radius 2 is 0.417 bits per heavy atom. The van der Waals surface area contributed by atoms with Gasteiger partial charge in [-0.15, -0.1) is 0 Å². The molecule has 0 unspecified atom stereocenters. The number of hydrazone groups is 2. The van der Waals surface area contributed by atoms with E-state index < -0.39 is 89.6 Å². The van der Waals surface area contributed by atoms with Gasteiger partial charge in [-0.25, -0.2) is 5.01 Å². The van der Waals surface area contributed by atoms with Crippen LogP contribution in [0.1, 0.15) is 12.8 Å². The molecule has 554 valence electrons. The molecule has 2 radical (unpaired) electrons. The Hall–Kier alpha value is -6.48. The van der Waals surface area contributed by atoms with Crippen molar-refractivity contribution in [1.29, 1.82) is 0 Å². The third-order valence-electron chi connectivity index (χ3n) is 15.2. The molecule has 0 aliphatic carbocycles. The molecule has 14 rings (SSSR count). The van der Waals surface area contributed by atoms with Gasteiger partial charge in [0, 0.05) is 27.5 Å². The predicted octanol–water partition coefficient (Wildman–Crippen LogP) is 17.3. The third-order valence-corrected chi connectivity index (χ3v) is 30.7. The summed E-state index contributed by atoms with van der Waals surface area (Å²) in [6.45, 7) is 0. The average molecular weight is 1980 g/mol. The van der Waals surface area contributed by atoms with Gasteiger partial charge in [-0.3, -0.25) is 9.59 Å². The second kappa shape index (κ2) is 49.7. The summed E-state index contributed by atoms with van der Waals surface area (Å²) >= 11 is -0.559. The Kier molecular flexibility index (Phi) is 41.6. The minimum absolute atomic E-state index is 0. The molecule has 0 saturated carbocycles. The van der Waals surface area contributed by atoms with E-state index in [1.54, 1.807) is 7.05 Å². The maximum atomic E-state index is 11.5. The zero-order chi connectivity index (χ0) is 76.8. The summed E-state index contributed by atoms with van der Waals surface area (Å²) in [5.41, 5.74) is 0. The van der Waals surface area contributed by atoms with Crippen molar-refractivity contribution in [3.05, 3.63) is 364 Å². The van der Waals surface area contributed by atoms with Crippen molar-refractivity contribution in [1.82, 2.24) is 10.0 Å². The normalized spacial score (nSPS) is 12.2. The second-order valence-corrected chi connectivity index (χ2v) is 67.4. The van der Waals surface area contributed by atoms with Crippen LogP contribution in [0.15, 0.2) is 374 Å². The first-order chi connectivity index (χ1) is 51.7. The molecule has 0 aromatic heterocycles. The zero-order valence-electron chi connectivity index (χ0n) is 63.5. The van der Waals surface area contributed by atoms with Crippen molar-refractivity contribution in [3.8, 4) is 0 Å². The number of nitrogens with zero attached hydrogens (tertiary/aromatic N) is 4. The fourth-order valence-corrected chi connectivity index (χ4v) is 24.0. The van der Waals surface area contributed by atoms with Gasteiger partial charge >= 0.3 is 151 Å². The van der Waals surface area contributed by atoms with Crippen LogP contribution in [0, 0.1) is 0 Å². The first-order valence-electron chi connectivity index (χ1n) is 35.5. The first-order valence-corrected chi connectivity index (χ1v) is 68.7. The van der Waals surface area contributed by atoms with Crippen molar-refractivity contribution in [3.63, 3.8) is 0 Å². The number of ketones is 2. The Balaban J connectivity index is 0.000000200. The molecule has 0 bridgehead atoms. The van der Waals surface area contributed by atoms with E-state index in [0.717, 1.165) is 5.01 Å². The van der Waals surface area contributed by atoms with Gasteiger partial charge in [-0.05, 0) is 111 Å². The number of carbonyl (C=O) groups excluding carboxylic acids is 4. The molecule has 8 nitrogen and oxygen atoms in total. The molecule has 2 aliphatic heterocycles. The number of hydrogen-bond acceptors (Lipinski definition) is 6. The van der Waals surface area contributed by atoms with Gasteiger partial charge < -0.3 is 0 Å². The van der Waals surface area contributed by atoms with Crippen molar-refractivity contribution >= 4 is 201 Å². The molecule has 108 heavy (non-hydrogen) atoms. The fraction of sp³-hybridized carbons (Fsp3) is 0.143. The summed E-state index contributed by atoms with van der Waals surface area (Å²) in [5.74, 6) is -0.799. The zero-order valence-corrected chi connectivity index (χ0v) is 78.7. The van der Waals surface area contributed by atoms with Crippen LogP contribution in [0.4, 0.5) is 0 Å². The maximum Gasteiger partial charge on any atom is 0 e. The number of carbonyl (C=O) groups is 4. The SMILES string of the molecule is CN1N=C(Br)C(=O)CC1=O.CN1N=[C]([Sn]([CH3])([CH3])[CH3])C(=O)CC1=O.[CH3][Sn]([CH3])[CH3].[CH3][Sn]([CH3])[CH3].[Pd].c1ccc(P(c2ccccc2)c2ccccc2)cc1.c1ccc(P(c2ccccc2)c2ccccc2)cc1.c1ccc(P(c2ccccc2)c2ccccc2)cc1.c1ccc(P(c2ccccc2)c2ccccc2)cc1. The summed E-state index contributed by atoms with van der Waals surface area (Å²) < 4.78 is 0.908. The van der Waals surface area contributed by atoms with Gasteiger partial charge in [0.05, 0.1) is 6.42 Å². The summed E-state index contributed by atoms with van der Waals surface area (Å²) in [4.78, 5) is 64.6. The molecule has 0 fully saturated rings. The fourth-order valence-electron chi connectivity index (χ4n) is 10.4. The van der Waals surface area contributed by atoms with E-state index in [9.17, 15) is 19.2 Å². The molecular weight excluding hydrogens is 1880 g/mol. The van der Waals surface area contributed by atoms with E-state index in [2.05, 4.69) is 435 Å². The van der Waals surface area contributed by atoms with Crippen molar-refractivity contribution < 1.29 is 39.6 Å². The van der Waals surface area contributed by atoms with E-state index in [1.165, 1.54) is 75.7 Å². The van der Waals surface area contributed by atoms with Crippen molar-refractivity contribution in [2.24, 2.45) is 10.2 Å². The predicted molar refractivity (Wildman–Crippen MR) is 479 cm³/mol. The standard InChI is InChI=1S/4C18H15P.C5H5BrN2O2.C5H5N2O2.9CH3.Pd.3Sn/c4*1-4-10-16(11-5-1)19(17-12-6-2-7-13-17)18-14-8-3-9-15-18;1-8-4(10)2-3(9)5(6)7-8;1-7-5(9)2-4(8)3-6-7;;;;;;;;;;;;;/h4*1-15H;2H2,1H3;2H2,1H3;9*1H3;;;;. The molecule has 12 aromatic rings. The Morgan fingerprint density at radius 3 is 0.556 bits per heavy atom. The van der Waals surface area contributed by atoms with Crippen LogP contribution < -0.4 is 63.7 Å². The average Bonchev–Trinajstić information content (AvgIpc) is 0.858. The van der Waals surface area contributed by atoms with E-state index in [4.69, 9.17) is 0 Å². The van der Waals surface area contributed by atoms with E-state index >= 15 is 0 Å². The quantitative estimate of drug-likeness (QED) is 0.0652. The molecule has 2 amide bonds. The number of halogens is 1. The topological polar surface area (TPSA) is 99.5 Å². The number of benzene rings is 12. The van der Waals surface area contributed by atoms with Crippen LogP contribution in [-0.2, 0) is 39.6 Å². The smallest absolute Gasteiger partial charge is 0 e. The molecule has 0 spiro atoms. The number of Topliss-reactive ketones (excluding diaryl/α,β-unsaturated/α-hetero) is 2. The Morgan fingerprint density at radius 1 is 0.278 bits per heavy atom. The van der Waals surface area contributed by atoms with E-state index in [1.807, 2.05) is 0 Å². The van der Waals surface area contributed by atoms with Gasteiger partial charge in [0.25, 0.3) is 0 Å². The molecule has 17 heteroatoms. The van der Waals surface area contributed by atoms with Gasteiger partial charge in [0.1, 0.15) is 0 Å². The summed E-state index contributed by atoms with van der Waals surface area (Å²) in [6.07, 6.45) is -0.0793. The largest absolute Gasteiger partial charge is 0.0622 e. The molecule has 2 heterocycles. The number of rotatable bonds is 13. The van der Waals surface area contributed by atoms with E-state index in [-0.39, 0.29) is 61.3 Å². The second-order valence-electron chi connectivity index (χ2n) is 26.5. The van der Waals surface area contributed by atoms with Gasteiger partial charge in [-0.1, -0.05) is 364 Å². The number of hydrogen-bond donors (Lipinski definition) is 0. The molecule has 0 N–H and O–H groups in total. The Labute approximate surface area is 688 Å². The first kappa shape index (κ1) is 90.4. The molecular formula is C91H97BrN4O4P4PdSn3.